The minimum Gasteiger partial charge on any atom is -0.439 e. The molecule has 1 saturated carbocycles. The summed E-state index contributed by atoms with van der Waals surface area (Å²) >= 11 is 0. The van der Waals surface area contributed by atoms with Crippen LogP contribution in [0.4, 0.5) is 0 Å². The van der Waals surface area contributed by atoms with Crippen LogP contribution in [-0.4, -0.2) is 46.9 Å². The van der Waals surface area contributed by atoms with Crippen molar-refractivity contribution in [2.75, 3.05) is 26.2 Å². The molecule has 1 aliphatic carbocycles. The Labute approximate surface area is 136 Å². The molecule has 0 atom stereocenters. The molecule has 0 N–H and O–H groups in total. The molecule has 2 heterocycles. The zero-order valence-corrected chi connectivity index (χ0v) is 13.4. The van der Waals surface area contributed by atoms with Gasteiger partial charge in [-0.3, -0.25) is 9.69 Å². The number of aromatic nitrogens is 1. The van der Waals surface area contributed by atoms with Crippen molar-refractivity contribution in [2.45, 2.75) is 32.2 Å². The van der Waals surface area contributed by atoms with Gasteiger partial charge in [0.25, 0.3) is 0 Å². The van der Waals surface area contributed by atoms with Crippen LogP contribution in [0.3, 0.4) is 0 Å². The van der Waals surface area contributed by atoms with Crippen molar-refractivity contribution in [1.29, 1.82) is 0 Å². The molecular weight excluding hydrogens is 290 g/mol. The van der Waals surface area contributed by atoms with E-state index in [0.29, 0.717) is 11.8 Å². The normalized spacial score (nSPS) is 20.4. The van der Waals surface area contributed by atoms with Crippen molar-refractivity contribution < 1.29 is 9.21 Å². The lowest BCUT2D eigenvalue weighted by Gasteiger charge is -2.35. The second kappa shape index (κ2) is 6.32. The van der Waals surface area contributed by atoms with Crippen molar-refractivity contribution in [3.8, 4) is 0 Å². The molecule has 5 heteroatoms. The van der Waals surface area contributed by atoms with E-state index in [4.69, 9.17) is 4.42 Å². The van der Waals surface area contributed by atoms with Gasteiger partial charge < -0.3 is 9.32 Å². The van der Waals surface area contributed by atoms with Gasteiger partial charge in [-0.2, -0.15) is 0 Å². The highest BCUT2D eigenvalue weighted by atomic mass is 16.3. The summed E-state index contributed by atoms with van der Waals surface area (Å²) < 4.78 is 5.79. The van der Waals surface area contributed by atoms with E-state index in [0.717, 1.165) is 62.6 Å². The molecule has 0 spiro atoms. The average molecular weight is 313 g/mol. The molecule has 1 saturated heterocycles. The Morgan fingerprint density at radius 1 is 1.13 bits per heavy atom. The summed E-state index contributed by atoms with van der Waals surface area (Å²) in [5, 5.41) is 0. The summed E-state index contributed by atoms with van der Waals surface area (Å²) in [5.74, 6) is 1.43. The summed E-state index contributed by atoms with van der Waals surface area (Å²) in [5.41, 5.74) is 1.76. The molecule has 0 radical (unpaired) electrons. The predicted molar refractivity (Wildman–Crippen MR) is 87.8 cm³/mol. The van der Waals surface area contributed by atoms with Gasteiger partial charge >= 0.3 is 0 Å². The van der Waals surface area contributed by atoms with E-state index in [-0.39, 0.29) is 0 Å². The fraction of sp³-hybridized carbons (Fsp3) is 0.556. The standard InChI is InChI=1S/C18H23N3O2/c22-18(14-5-1-2-6-14)21-11-9-20(10-12-21)13-17-19-15-7-3-4-8-16(15)23-17/h3-4,7-8,14H,1-2,5-6,9-13H2. The molecule has 0 bridgehead atoms. The molecule has 1 aromatic heterocycles. The topological polar surface area (TPSA) is 49.6 Å². The molecule has 2 aromatic rings. The number of oxazole rings is 1. The van der Waals surface area contributed by atoms with E-state index >= 15 is 0 Å². The molecule has 5 nitrogen and oxygen atoms in total. The van der Waals surface area contributed by atoms with Crippen LogP contribution in [0.15, 0.2) is 28.7 Å². The van der Waals surface area contributed by atoms with Crippen molar-refractivity contribution in [1.82, 2.24) is 14.8 Å². The van der Waals surface area contributed by atoms with Crippen LogP contribution in [0.2, 0.25) is 0 Å². The summed E-state index contributed by atoms with van der Waals surface area (Å²) in [4.78, 5) is 21.4. The van der Waals surface area contributed by atoms with E-state index in [2.05, 4.69) is 14.8 Å². The third-order valence-electron chi connectivity index (χ3n) is 5.09. The number of carbonyl (C=O) groups is 1. The zero-order chi connectivity index (χ0) is 15.6. The van der Waals surface area contributed by atoms with Crippen LogP contribution in [0.5, 0.6) is 0 Å². The highest BCUT2D eigenvalue weighted by Crippen LogP contribution is 2.27. The van der Waals surface area contributed by atoms with Crippen molar-refractivity contribution in [2.24, 2.45) is 5.92 Å². The second-order valence-electron chi connectivity index (χ2n) is 6.66. The minimum atomic E-state index is 0.290. The third-order valence-corrected chi connectivity index (χ3v) is 5.09. The molecule has 1 aliphatic heterocycles. The van der Waals surface area contributed by atoms with E-state index < -0.39 is 0 Å². The fourth-order valence-electron chi connectivity index (χ4n) is 3.74. The number of hydrogen-bond acceptors (Lipinski definition) is 4. The number of fused-ring (bicyclic) bond motifs is 1. The first-order chi connectivity index (χ1) is 11.3. The van der Waals surface area contributed by atoms with Gasteiger partial charge in [0.05, 0.1) is 6.54 Å². The highest BCUT2D eigenvalue weighted by Gasteiger charge is 2.29. The monoisotopic (exact) mass is 313 g/mol. The van der Waals surface area contributed by atoms with E-state index in [1.54, 1.807) is 0 Å². The lowest BCUT2D eigenvalue weighted by Crippen LogP contribution is -2.49. The van der Waals surface area contributed by atoms with Gasteiger partial charge in [0, 0.05) is 32.1 Å². The predicted octanol–water partition coefficient (Wildman–Crippen LogP) is 2.66. The Balaban J connectivity index is 1.33. The lowest BCUT2D eigenvalue weighted by atomic mass is 10.1. The van der Waals surface area contributed by atoms with Gasteiger partial charge in [-0.1, -0.05) is 25.0 Å². The van der Waals surface area contributed by atoms with Crippen LogP contribution in [0.25, 0.3) is 11.1 Å². The minimum absolute atomic E-state index is 0.290. The lowest BCUT2D eigenvalue weighted by molar-refractivity contribution is -0.137. The highest BCUT2D eigenvalue weighted by molar-refractivity contribution is 5.79. The Morgan fingerprint density at radius 3 is 2.61 bits per heavy atom. The first kappa shape index (κ1) is 14.7. The van der Waals surface area contributed by atoms with Crippen LogP contribution < -0.4 is 0 Å². The maximum atomic E-state index is 12.5. The molecule has 1 amide bonds. The van der Waals surface area contributed by atoms with E-state index in [1.165, 1.54) is 12.8 Å². The Hall–Kier alpha value is -1.88. The molecule has 0 unspecified atom stereocenters. The third kappa shape index (κ3) is 3.11. The second-order valence-corrected chi connectivity index (χ2v) is 6.66. The smallest absolute Gasteiger partial charge is 0.225 e. The SMILES string of the molecule is O=C(C1CCCC1)N1CCN(Cc2nc3ccccc3o2)CC1. The summed E-state index contributed by atoms with van der Waals surface area (Å²) in [6.07, 6.45) is 4.60. The molecular formula is C18H23N3O2. The average Bonchev–Trinajstić information content (AvgIpc) is 3.24. The number of para-hydroxylation sites is 2. The number of nitrogens with zero attached hydrogens (tertiary/aromatic N) is 3. The molecule has 4 rings (SSSR count). The number of benzene rings is 1. The van der Waals surface area contributed by atoms with E-state index in [9.17, 15) is 4.79 Å². The Morgan fingerprint density at radius 2 is 1.87 bits per heavy atom. The molecule has 23 heavy (non-hydrogen) atoms. The Bertz CT molecular complexity index is 649. The maximum Gasteiger partial charge on any atom is 0.225 e. The van der Waals surface area contributed by atoms with Gasteiger partial charge in [-0.05, 0) is 25.0 Å². The number of carbonyl (C=O) groups excluding carboxylic acids is 1. The van der Waals surface area contributed by atoms with E-state index in [1.807, 2.05) is 24.3 Å². The molecule has 1 aromatic carbocycles. The molecule has 2 aliphatic rings. The molecule has 122 valence electrons. The summed E-state index contributed by atoms with van der Waals surface area (Å²) in [6.45, 7) is 4.18. The van der Waals surface area contributed by atoms with Crippen molar-refractivity contribution >= 4 is 17.0 Å². The first-order valence-electron chi connectivity index (χ1n) is 8.65. The first-order valence-corrected chi connectivity index (χ1v) is 8.65. The van der Waals surface area contributed by atoms with Gasteiger partial charge in [0.1, 0.15) is 5.52 Å². The number of hydrogen-bond donors (Lipinski definition) is 0. The number of amides is 1. The quantitative estimate of drug-likeness (QED) is 0.874. The van der Waals surface area contributed by atoms with Crippen LogP contribution >= 0.6 is 0 Å². The summed E-state index contributed by atoms with van der Waals surface area (Å²) in [6, 6.07) is 7.86. The fourth-order valence-corrected chi connectivity index (χ4v) is 3.74. The van der Waals surface area contributed by atoms with Crippen LogP contribution in [-0.2, 0) is 11.3 Å². The zero-order valence-electron chi connectivity index (χ0n) is 13.4. The summed E-state index contributed by atoms with van der Waals surface area (Å²) in [7, 11) is 0. The number of rotatable bonds is 3. The maximum absolute atomic E-state index is 12.5. The number of piperazine rings is 1. The van der Waals surface area contributed by atoms with Gasteiger partial charge in [0.15, 0.2) is 5.58 Å². The molecule has 2 fully saturated rings. The van der Waals surface area contributed by atoms with Crippen molar-refractivity contribution in [3.63, 3.8) is 0 Å². The van der Waals surface area contributed by atoms with Crippen molar-refractivity contribution in [3.05, 3.63) is 30.2 Å². The van der Waals surface area contributed by atoms with Crippen LogP contribution in [0, 0.1) is 5.92 Å². The van der Waals surface area contributed by atoms with Gasteiger partial charge in [0.2, 0.25) is 11.8 Å². The van der Waals surface area contributed by atoms with Crippen LogP contribution in [0.1, 0.15) is 31.6 Å². The Kier molecular flexibility index (Phi) is 4.04. The largest absolute Gasteiger partial charge is 0.439 e. The van der Waals surface area contributed by atoms with Gasteiger partial charge in [-0.15, -0.1) is 0 Å². The van der Waals surface area contributed by atoms with Gasteiger partial charge in [-0.25, -0.2) is 4.98 Å².